The van der Waals surface area contributed by atoms with Gasteiger partial charge >= 0.3 is 0 Å². The molecular weight excluding hydrogens is 316 g/mol. The first-order valence-corrected chi connectivity index (χ1v) is 8.30. The summed E-state index contributed by atoms with van der Waals surface area (Å²) in [7, 11) is 0. The number of amides is 1. The van der Waals surface area contributed by atoms with Crippen LogP contribution in [0, 0.1) is 6.92 Å². The van der Waals surface area contributed by atoms with E-state index in [1.165, 1.54) is 0 Å². The van der Waals surface area contributed by atoms with Crippen LogP contribution in [0.4, 0.5) is 5.69 Å². The van der Waals surface area contributed by atoms with Crippen LogP contribution in [0.3, 0.4) is 0 Å². The predicted molar refractivity (Wildman–Crippen MR) is 95.3 cm³/mol. The van der Waals surface area contributed by atoms with Crippen LogP contribution in [0.2, 0.25) is 0 Å². The molecule has 0 bridgehead atoms. The van der Waals surface area contributed by atoms with E-state index >= 15 is 0 Å². The third-order valence-corrected chi connectivity index (χ3v) is 4.84. The largest absolute Gasteiger partial charge is 0.312 e. The highest BCUT2D eigenvalue weighted by Crippen LogP contribution is 2.37. The Hall–Kier alpha value is -3.22. The van der Waals surface area contributed by atoms with Gasteiger partial charge in [-0.2, -0.15) is 10.2 Å². The number of fused-ring (bicyclic) bond motifs is 3. The molecule has 0 aliphatic carbocycles. The molecular formula is C18H16N6O. The summed E-state index contributed by atoms with van der Waals surface area (Å²) >= 11 is 0. The number of carbonyl (C=O) groups excluding carboxylic acids is 1. The molecule has 1 fully saturated rings. The fourth-order valence-electron chi connectivity index (χ4n) is 3.59. The van der Waals surface area contributed by atoms with Crippen molar-refractivity contribution in [3.05, 3.63) is 36.3 Å². The molecule has 0 saturated carbocycles. The van der Waals surface area contributed by atoms with Crippen LogP contribution in [0.25, 0.3) is 33.1 Å². The minimum atomic E-state index is 0.155. The second-order valence-electron chi connectivity index (χ2n) is 6.38. The number of nitrogens with zero attached hydrogens (tertiary/aromatic N) is 4. The van der Waals surface area contributed by atoms with Gasteiger partial charge in [-0.05, 0) is 31.5 Å². The zero-order chi connectivity index (χ0) is 17.0. The Labute approximate surface area is 143 Å². The fourth-order valence-corrected chi connectivity index (χ4v) is 3.59. The summed E-state index contributed by atoms with van der Waals surface area (Å²) < 4.78 is 0. The highest BCUT2D eigenvalue weighted by Gasteiger charge is 2.25. The Balaban J connectivity index is 1.87. The first kappa shape index (κ1) is 14.2. The molecule has 2 N–H and O–H groups in total. The van der Waals surface area contributed by atoms with E-state index in [0.29, 0.717) is 6.42 Å². The quantitative estimate of drug-likeness (QED) is 0.590. The summed E-state index contributed by atoms with van der Waals surface area (Å²) in [6, 6.07) is 5.94. The van der Waals surface area contributed by atoms with E-state index in [2.05, 4.69) is 20.4 Å². The maximum atomic E-state index is 12.4. The van der Waals surface area contributed by atoms with Crippen molar-refractivity contribution in [3.8, 4) is 11.3 Å². The molecule has 5 rings (SSSR count). The van der Waals surface area contributed by atoms with Crippen molar-refractivity contribution in [3.63, 3.8) is 0 Å². The summed E-state index contributed by atoms with van der Waals surface area (Å²) in [6.45, 7) is 2.70. The summed E-state index contributed by atoms with van der Waals surface area (Å²) in [5.74, 6) is 0.155. The van der Waals surface area contributed by atoms with E-state index in [1.54, 1.807) is 12.4 Å². The SMILES string of the molecule is Cc1[nH]ncc1-c1cc(N2CCCC2=O)c2c(ccc3[nH]ncc32)n1. The first-order chi connectivity index (χ1) is 12.2. The van der Waals surface area contributed by atoms with Crippen molar-refractivity contribution in [2.45, 2.75) is 19.8 Å². The maximum absolute atomic E-state index is 12.4. The third kappa shape index (κ3) is 2.05. The van der Waals surface area contributed by atoms with Gasteiger partial charge in [-0.15, -0.1) is 0 Å². The van der Waals surface area contributed by atoms with Gasteiger partial charge in [0.2, 0.25) is 5.91 Å². The van der Waals surface area contributed by atoms with Gasteiger partial charge in [0.15, 0.2) is 0 Å². The monoisotopic (exact) mass is 332 g/mol. The lowest BCUT2D eigenvalue weighted by Gasteiger charge is -2.19. The Morgan fingerprint density at radius 3 is 2.80 bits per heavy atom. The molecule has 0 radical (unpaired) electrons. The first-order valence-electron chi connectivity index (χ1n) is 8.30. The number of H-pyrrole nitrogens is 2. The Morgan fingerprint density at radius 2 is 2.04 bits per heavy atom. The normalized spacial score (nSPS) is 14.9. The molecule has 3 aromatic heterocycles. The molecule has 7 nitrogen and oxygen atoms in total. The van der Waals surface area contributed by atoms with E-state index in [0.717, 1.165) is 57.4 Å². The van der Waals surface area contributed by atoms with Crippen LogP contribution in [0.15, 0.2) is 30.6 Å². The van der Waals surface area contributed by atoms with Gasteiger partial charge in [-0.25, -0.2) is 4.98 Å². The zero-order valence-corrected chi connectivity index (χ0v) is 13.7. The number of aromatic amines is 2. The van der Waals surface area contributed by atoms with Gasteiger partial charge in [0, 0.05) is 35.0 Å². The molecule has 1 aliphatic rings. The van der Waals surface area contributed by atoms with Gasteiger partial charge in [-0.3, -0.25) is 15.0 Å². The van der Waals surface area contributed by atoms with Crippen LogP contribution in [-0.2, 0) is 4.79 Å². The Morgan fingerprint density at radius 1 is 1.16 bits per heavy atom. The number of carbonyl (C=O) groups is 1. The molecule has 25 heavy (non-hydrogen) atoms. The van der Waals surface area contributed by atoms with E-state index in [-0.39, 0.29) is 5.91 Å². The molecule has 1 aromatic carbocycles. The van der Waals surface area contributed by atoms with E-state index in [1.807, 2.05) is 30.0 Å². The average molecular weight is 332 g/mol. The second kappa shape index (κ2) is 5.14. The second-order valence-corrected chi connectivity index (χ2v) is 6.38. The lowest BCUT2D eigenvalue weighted by molar-refractivity contribution is -0.117. The van der Waals surface area contributed by atoms with Crippen molar-refractivity contribution in [1.82, 2.24) is 25.4 Å². The summed E-state index contributed by atoms with van der Waals surface area (Å²) in [4.78, 5) is 19.1. The molecule has 1 saturated heterocycles. The van der Waals surface area contributed by atoms with E-state index in [9.17, 15) is 4.79 Å². The molecule has 0 unspecified atom stereocenters. The molecule has 7 heteroatoms. The zero-order valence-electron chi connectivity index (χ0n) is 13.7. The molecule has 4 heterocycles. The molecule has 1 aliphatic heterocycles. The number of rotatable bonds is 2. The van der Waals surface area contributed by atoms with Gasteiger partial charge in [0.05, 0.1) is 34.8 Å². The van der Waals surface area contributed by atoms with E-state index < -0.39 is 0 Å². The average Bonchev–Trinajstić information content (AvgIpc) is 3.34. The van der Waals surface area contributed by atoms with Gasteiger partial charge in [-0.1, -0.05) is 0 Å². The maximum Gasteiger partial charge on any atom is 0.227 e. The third-order valence-electron chi connectivity index (χ3n) is 4.84. The highest BCUT2D eigenvalue weighted by molar-refractivity contribution is 6.15. The smallest absolute Gasteiger partial charge is 0.227 e. The molecule has 124 valence electrons. The molecule has 4 aromatic rings. The topological polar surface area (TPSA) is 90.6 Å². The lowest BCUT2D eigenvalue weighted by Crippen LogP contribution is -2.24. The predicted octanol–water partition coefficient (Wildman–Crippen LogP) is 2.94. The van der Waals surface area contributed by atoms with Gasteiger partial charge < -0.3 is 4.90 Å². The molecule has 0 spiro atoms. The number of benzene rings is 1. The molecule has 0 atom stereocenters. The van der Waals surface area contributed by atoms with Crippen molar-refractivity contribution < 1.29 is 4.79 Å². The standard InChI is InChI=1S/C18H16N6O/c1-10-11(8-19-22-10)15-7-16(24-6-2-3-17(24)25)18-12-9-20-23-13(12)4-5-14(18)21-15/h4-5,7-9H,2-3,6H2,1H3,(H,19,22)(H,20,23). The van der Waals surface area contributed by atoms with Gasteiger partial charge in [0.25, 0.3) is 0 Å². The Kier molecular flexibility index (Phi) is 2.91. The Bertz CT molecular complexity index is 1130. The van der Waals surface area contributed by atoms with Crippen molar-refractivity contribution in [2.75, 3.05) is 11.4 Å². The minimum Gasteiger partial charge on any atom is -0.312 e. The number of aromatic nitrogens is 5. The van der Waals surface area contributed by atoms with Crippen molar-refractivity contribution >= 4 is 33.4 Å². The number of nitrogens with one attached hydrogen (secondary N) is 2. The van der Waals surface area contributed by atoms with Crippen LogP contribution in [0.5, 0.6) is 0 Å². The summed E-state index contributed by atoms with van der Waals surface area (Å²) in [5.41, 5.74) is 5.40. The highest BCUT2D eigenvalue weighted by atomic mass is 16.2. The molecule has 1 amide bonds. The summed E-state index contributed by atoms with van der Waals surface area (Å²) in [5, 5.41) is 16.1. The number of anilines is 1. The van der Waals surface area contributed by atoms with Crippen LogP contribution in [-0.4, -0.2) is 37.8 Å². The van der Waals surface area contributed by atoms with Crippen LogP contribution in [0.1, 0.15) is 18.5 Å². The van der Waals surface area contributed by atoms with Crippen LogP contribution >= 0.6 is 0 Å². The van der Waals surface area contributed by atoms with Crippen molar-refractivity contribution in [1.29, 1.82) is 0 Å². The number of pyridine rings is 1. The summed E-state index contributed by atoms with van der Waals surface area (Å²) in [6.07, 6.45) is 5.04. The number of hydrogen-bond acceptors (Lipinski definition) is 4. The number of hydrogen-bond donors (Lipinski definition) is 2. The van der Waals surface area contributed by atoms with E-state index in [4.69, 9.17) is 4.98 Å². The lowest BCUT2D eigenvalue weighted by atomic mass is 10.0. The van der Waals surface area contributed by atoms with Gasteiger partial charge in [0.1, 0.15) is 0 Å². The van der Waals surface area contributed by atoms with Crippen LogP contribution < -0.4 is 4.90 Å². The number of aryl methyl sites for hydroxylation is 1. The van der Waals surface area contributed by atoms with Crippen molar-refractivity contribution in [2.24, 2.45) is 0 Å². The fraction of sp³-hybridized carbons (Fsp3) is 0.222. The minimum absolute atomic E-state index is 0.155.